The molecule has 0 fully saturated rings. The molecular weight excluding hydrogens is 605 g/mol. The third kappa shape index (κ3) is 8.38. The molecule has 3 aromatic rings. The second kappa shape index (κ2) is 13.0. The first-order valence-electron chi connectivity index (χ1n) is 12.9. The number of halogens is 3. The largest absolute Gasteiger partial charge is 0.350 e. The average molecular weight is 639 g/mol. The second-order valence-corrected chi connectivity index (χ2v) is 14.1. The van der Waals surface area contributed by atoms with Crippen LogP contribution in [0.25, 0.3) is 0 Å². The summed E-state index contributed by atoms with van der Waals surface area (Å²) in [4.78, 5) is 28.6. The van der Waals surface area contributed by atoms with Crippen molar-refractivity contribution in [2.24, 2.45) is 0 Å². The Kier molecular flexibility index (Phi) is 10.4. The van der Waals surface area contributed by atoms with E-state index in [2.05, 4.69) is 5.32 Å². The van der Waals surface area contributed by atoms with E-state index in [9.17, 15) is 18.0 Å². The highest BCUT2D eigenvalue weighted by atomic mass is 35.5. The van der Waals surface area contributed by atoms with E-state index in [0.717, 1.165) is 9.87 Å². The van der Waals surface area contributed by atoms with Crippen LogP contribution in [-0.4, -0.2) is 43.3 Å². The van der Waals surface area contributed by atoms with Gasteiger partial charge in [-0.05, 0) is 95.1 Å². The first-order chi connectivity index (χ1) is 19.0. The molecule has 3 aromatic carbocycles. The molecule has 0 spiro atoms. The summed E-state index contributed by atoms with van der Waals surface area (Å²) in [5, 5.41) is 4.06. The summed E-state index contributed by atoms with van der Waals surface area (Å²) in [6, 6.07) is 15.0. The number of carbonyl (C=O) groups excluding carboxylic acids is 2. The lowest BCUT2D eigenvalue weighted by Gasteiger charge is -2.34. The molecule has 0 aliphatic carbocycles. The minimum Gasteiger partial charge on any atom is -0.350 e. The van der Waals surface area contributed by atoms with E-state index in [4.69, 9.17) is 34.8 Å². The first-order valence-corrected chi connectivity index (χ1v) is 15.5. The lowest BCUT2D eigenvalue weighted by Crippen LogP contribution is -2.54. The van der Waals surface area contributed by atoms with Crippen molar-refractivity contribution in [1.29, 1.82) is 0 Å². The number of hydrogen-bond acceptors (Lipinski definition) is 4. The van der Waals surface area contributed by atoms with Crippen LogP contribution in [0.1, 0.15) is 44.4 Å². The van der Waals surface area contributed by atoms with Gasteiger partial charge >= 0.3 is 0 Å². The minimum absolute atomic E-state index is 0.0241. The fourth-order valence-corrected chi connectivity index (χ4v) is 6.31. The average Bonchev–Trinajstić information content (AvgIpc) is 2.86. The van der Waals surface area contributed by atoms with E-state index in [1.165, 1.54) is 17.0 Å². The molecule has 0 aromatic heterocycles. The molecule has 7 nitrogen and oxygen atoms in total. The predicted octanol–water partition coefficient (Wildman–Crippen LogP) is 6.79. The maximum absolute atomic E-state index is 14.1. The van der Waals surface area contributed by atoms with Gasteiger partial charge in [0.05, 0.1) is 10.6 Å². The van der Waals surface area contributed by atoms with Crippen molar-refractivity contribution in [2.75, 3.05) is 10.8 Å². The molecule has 41 heavy (non-hydrogen) atoms. The molecule has 0 radical (unpaired) electrons. The number of anilines is 1. The van der Waals surface area contributed by atoms with E-state index < -0.39 is 40.0 Å². The summed E-state index contributed by atoms with van der Waals surface area (Å²) in [6.45, 7) is 10.0. The smallest absolute Gasteiger partial charge is 0.264 e. The van der Waals surface area contributed by atoms with Crippen molar-refractivity contribution < 1.29 is 18.0 Å². The molecule has 0 heterocycles. The van der Waals surface area contributed by atoms with Gasteiger partial charge in [0.15, 0.2) is 0 Å². The van der Waals surface area contributed by atoms with Crippen LogP contribution in [0.4, 0.5) is 5.69 Å². The highest BCUT2D eigenvalue weighted by Gasteiger charge is 2.34. The highest BCUT2D eigenvalue weighted by Crippen LogP contribution is 2.30. The lowest BCUT2D eigenvalue weighted by molar-refractivity contribution is -0.140. The quantitative estimate of drug-likeness (QED) is 0.280. The molecule has 0 aliphatic rings. The number of rotatable bonds is 9. The van der Waals surface area contributed by atoms with Crippen molar-refractivity contribution >= 4 is 62.3 Å². The maximum Gasteiger partial charge on any atom is 0.264 e. The fraction of sp³-hybridized carbons (Fsp3) is 0.333. The van der Waals surface area contributed by atoms with Gasteiger partial charge in [0, 0.05) is 27.2 Å². The Labute approximate surface area is 257 Å². The van der Waals surface area contributed by atoms with Gasteiger partial charge in [-0.25, -0.2) is 8.42 Å². The topological polar surface area (TPSA) is 86.8 Å². The molecule has 1 atom stereocenters. The zero-order valence-corrected chi connectivity index (χ0v) is 26.9. The molecule has 0 saturated heterocycles. The van der Waals surface area contributed by atoms with E-state index in [1.54, 1.807) is 62.4 Å². The van der Waals surface area contributed by atoms with Gasteiger partial charge < -0.3 is 10.2 Å². The molecule has 0 aliphatic heterocycles. The summed E-state index contributed by atoms with van der Waals surface area (Å²) in [7, 11) is -4.20. The third-order valence-corrected chi connectivity index (χ3v) is 8.93. The highest BCUT2D eigenvalue weighted by molar-refractivity contribution is 7.92. The summed E-state index contributed by atoms with van der Waals surface area (Å²) in [6.07, 6.45) is 0. The van der Waals surface area contributed by atoms with Crippen molar-refractivity contribution in [3.05, 3.63) is 92.4 Å². The monoisotopic (exact) mass is 637 g/mol. The zero-order valence-electron chi connectivity index (χ0n) is 23.8. The molecular formula is C30H34Cl3N3O4S. The van der Waals surface area contributed by atoms with Crippen molar-refractivity contribution in [3.8, 4) is 0 Å². The number of nitrogens with one attached hydrogen (secondary N) is 1. The Hall–Kier alpha value is -2.78. The van der Waals surface area contributed by atoms with Crippen molar-refractivity contribution in [1.82, 2.24) is 10.2 Å². The standard InChI is InChI=1S/C30H34Cl3N3O4S/c1-19-7-12-25(13-8-19)41(39,40)36(27-14-11-23(31)15-20(27)2)18-28(37)35(21(3)29(38)34-30(4,5)6)17-22-9-10-24(32)16-26(22)33/h7-16,21H,17-18H2,1-6H3,(H,34,38)/t21-/m1/s1. The van der Waals surface area contributed by atoms with Gasteiger partial charge in [-0.15, -0.1) is 0 Å². The molecule has 0 saturated carbocycles. The summed E-state index contributed by atoms with van der Waals surface area (Å²) < 4.78 is 29.0. The van der Waals surface area contributed by atoms with Crippen LogP contribution in [0.2, 0.25) is 15.1 Å². The van der Waals surface area contributed by atoms with E-state index in [1.807, 2.05) is 27.7 Å². The summed E-state index contributed by atoms with van der Waals surface area (Å²) >= 11 is 18.7. The Balaban J connectivity index is 2.10. The summed E-state index contributed by atoms with van der Waals surface area (Å²) in [5.74, 6) is -0.996. The number of sulfonamides is 1. The third-order valence-electron chi connectivity index (χ3n) is 6.34. The van der Waals surface area contributed by atoms with Gasteiger partial charge in [0.2, 0.25) is 11.8 Å². The number of aryl methyl sites for hydroxylation is 2. The SMILES string of the molecule is Cc1ccc(S(=O)(=O)N(CC(=O)N(Cc2ccc(Cl)cc2Cl)[C@H](C)C(=O)NC(C)(C)C)c2ccc(Cl)cc2C)cc1. The van der Waals surface area contributed by atoms with Gasteiger partial charge in [-0.2, -0.15) is 0 Å². The molecule has 11 heteroatoms. The molecule has 0 unspecified atom stereocenters. The Morgan fingerprint density at radius 1 is 0.902 bits per heavy atom. The van der Waals surface area contributed by atoms with Crippen LogP contribution in [0.15, 0.2) is 65.6 Å². The van der Waals surface area contributed by atoms with Crippen LogP contribution in [0.5, 0.6) is 0 Å². The molecule has 0 bridgehead atoms. The molecule has 2 amide bonds. The van der Waals surface area contributed by atoms with Crippen LogP contribution in [0.3, 0.4) is 0 Å². The molecule has 1 N–H and O–H groups in total. The zero-order chi connectivity index (χ0) is 30.7. The van der Waals surface area contributed by atoms with Gasteiger partial charge in [-0.1, -0.05) is 58.6 Å². The minimum atomic E-state index is -4.20. The second-order valence-electron chi connectivity index (χ2n) is 10.9. The van der Waals surface area contributed by atoms with E-state index in [0.29, 0.717) is 31.9 Å². The van der Waals surface area contributed by atoms with Crippen LogP contribution < -0.4 is 9.62 Å². The van der Waals surface area contributed by atoms with Crippen LogP contribution in [-0.2, 0) is 26.2 Å². The predicted molar refractivity (Wildman–Crippen MR) is 166 cm³/mol. The van der Waals surface area contributed by atoms with Gasteiger partial charge in [-0.3, -0.25) is 13.9 Å². The van der Waals surface area contributed by atoms with Crippen molar-refractivity contribution in [2.45, 2.75) is 64.6 Å². The number of nitrogens with zero attached hydrogens (tertiary/aromatic N) is 2. The Bertz CT molecular complexity index is 1540. The number of amides is 2. The van der Waals surface area contributed by atoms with Gasteiger partial charge in [0.1, 0.15) is 12.6 Å². The first kappa shape index (κ1) is 32.7. The maximum atomic E-state index is 14.1. The molecule has 220 valence electrons. The lowest BCUT2D eigenvalue weighted by atomic mass is 10.1. The normalized spacial score (nSPS) is 12.5. The van der Waals surface area contributed by atoms with E-state index in [-0.39, 0.29) is 11.4 Å². The van der Waals surface area contributed by atoms with Crippen molar-refractivity contribution in [3.63, 3.8) is 0 Å². The van der Waals surface area contributed by atoms with Crippen LogP contribution >= 0.6 is 34.8 Å². The number of carbonyl (C=O) groups is 2. The fourth-order valence-electron chi connectivity index (χ4n) is 4.14. The van der Waals surface area contributed by atoms with Gasteiger partial charge in [0.25, 0.3) is 10.0 Å². The van der Waals surface area contributed by atoms with E-state index >= 15 is 0 Å². The number of benzene rings is 3. The number of hydrogen-bond donors (Lipinski definition) is 1. The molecule has 3 rings (SSSR count). The Morgan fingerprint density at radius 3 is 2.05 bits per heavy atom. The summed E-state index contributed by atoms with van der Waals surface area (Å²) in [5.41, 5.74) is 1.74. The Morgan fingerprint density at radius 2 is 1.49 bits per heavy atom. The van der Waals surface area contributed by atoms with Crippen LogP contribution in [0, 0.1) is 13.8 Å².